The van der Waals surface area contributed by atoms with Gasteiger partial charge >= 0.3 is 5.97 Å². The van der Waals surface area contributed by atoms with Gasteiger partial charge in [-0.2, -0.15) is 0 Å². The van der Waals surface area contributed by atoms with Crippen molar-refractivity contribution in [3.8, 4) is 0 Å². The third-order valence-corrected chi connectivity index (χ3v) is 3.65. The molecule has 1 aromatic rings. The van der Waals surface area contributed by atoms with E-state index >= 15 is 0 Å². The topological polar surface area (TPSA) is 57.6 Å². The van der Waals surface area contributed by atoms with Crippen molar-refractivity contribution in [2.45, 2.75) is 32.2 Å². The molecule has 0 bridgehead atoms. The summed E-state index contributed by atoms with van der Waals surface area (Å²) in [6.07, 6.45) is 1.43. The molecule has 4 nitrogen and oxygen atoms in total. The van der Waals surface area contributed by atoms with E-state index in [4.69, 9.17) is 0 Å². The van der Waals surface area contributed by atoms with Gasteiger partial charge in [0.25, 0.3) is 0 Å². The zero-order valence-electron chi connectivity index (χ0n) is 10.0. The van der Waals surface area contributed by atoms with E-state index in [1.54, 1.807) is 6.92 Å². The highest BCUT2D eigenvalue weighted by molar-refractivity contribution is 9.10. The molecule has 1 atom stereocenters. The lowest BCUT2D eigenvalue weighted by molar-refractivity contribution is -0.140. The summed E-state index contributed by atoms with van der Waals surface area (Å²) in [6.45, 7) is 1.78. The molecule has 0 spiro atoms. The van der Waals surface area contributed by atoms with Crippen LogP contribution in [0.25, 0.3) is 0 Å². The average Bonchev–Trinajstić information content (AvgIpc) is 2.32. The van der Waals surface area contributed by atoms with E-state index in [0.29, 0.717) is 19.3 Å². The summed E-state index contributed by atoms with van der Waals surface area (Å²) >= 11 is 3.39. The molecule has 1 aliphatic rings. The van der Waals surface area contributed by atoms with Gasteiger partial charge in [0.15, 0.2) is 0 Å². The van der Waals surface area contributed by atoms with Crippen LogP contribution in [0.15, 0.2) is 22.7 Å². The molecule has 1 aliphatic heterocycles. The van der Waals surface area contributed by atoms with Gasteiger partial charge in [-0.3, -0.25) is 9.69 Å². The van der Waals surface area contributed by atoms with Gasteiger partial charge < -0.3 is 5.11 Å². The molecule has 1 unspecified atom stereocenters. The van der Waals surface area contributed by atoms with E-state index in [2.05, 4.69) is 15.9 Å². The second kappa shape index (κ2) is 5.10. The molecule has 5 heteroatoms. The highest BCUT2D eigenvalue weighted by Gasteiger charge is 2.33. The van der Waals surface area contributed by atoms with Crippen LogP contribution in [-0.4, -0.2) is 23.0 Å². The number of hydrogen-bond acceptors (Lipinski definition) is 2. The summed E-state index contributed by atoms with van der Waals surface area (Å²) in [4.78, 5) is 24.7. The van der Waals surface area contributed by atoms with E-state index in [0.717, 1.165) is 15.7 Å². The van der Waals surface area contributed by atoms with Gasteiger partial charge in [0.1, 0.15) is 6.04 Å². The van der Waals surface area contributed by atoms with Gasteiger partial charge in [-0.25, -0.2) is 4.79 Å². The van der Waals surface area contributed by atoms with Gasteiger partial charge in [0.2, 0.25) is 5.91 Å². The first kappa shape index (κ1) is 13.1. The molecule has 0 fully saturated rings. The Morgan fingerprint density at radius 2 is 2.22 bits per heavy atom. The summed E-state index contributed by atoms with van der Waals surface area (Å²) in [7, 11) is 0. The minimum Gasteiger partial charge on any atom is -0.480 e. The molecule has 1 N–H and O–H groups in total. The van der Waals surface area contributed by atoms with Gasteiger partial charge in [0.05, 0.1) is 0 Å². The fraction of sp³-hybridized carbons (Fsp3) is 0.385. The first-order chi connectivity index (χ1) is 8.54. The number of carbonyl (C=O) groups is 2. The normalized spacial score (nSPS) is 16.3. The Morgan fingerprint density at radius 1 is 1.50 bits per heavy atom. The second-order valence-electron chi connectivity index (χ2n) is 4.30. The summed E-state index contributed by atoms with van der Waals surface area (Å²) < 4.78 is 0.943. The Kier molecular flexibility index (Phi) is 3.71. The highest BCUT2D eigenvalue weighted by atomic mass is 79.9. The maximum absolute atomic E-state index is 12.0. The molecule has 0 radical (unpaired) electrons. The summed E-state index contributed by atoms with van der Waals surface area (Å²) in [5.74, 6) is -1.07. The van der Waals surface area contributed by atoms with Crippen LogP contribution in [0, 0.1) is 0 Å². The number of carbonyl (C=O) groups excluding carboxylic acids is 1. The van der Waals surface area contributed by atoms with Gasteiger partial charge in [0, 0.05) is 16.6 Å². The number of halogens is 1. The predicted molar refractivity (Wildman–Crippen MR) is 71.7 cm³/mol. The SMILES string of the molecule is CCC(C(=O)O)N1C(=O)CCc2cc(Br)ccc21. The van der Waals surface area contributed by atoms with Crippen molar-refractivity contribution in [1.82, 2.24) is 0 Å². The largest absolute Gasteiger partial charge is 0.480 e. The fourth-order valence-electron chi connectivity index (χ4n) is 2.30. The molecular formula is C13H14BrNO3. The molecule has 18 heavy (non-hydrogen) atoms. The van der Waals surface area contributed by atoms with Crippen LogP contribution in [0.4, 0.5) is 5.69 Å². The third kappa shape index (κ3) is 2.27. The van der Waals surface area contributed by atoms with Gasteiger partial charge in [-0.15, -0.1) is 0 Å². The number of fused-ring (bicyclic) bond motifs is 1. The molecule has 0 saturated carbocycles. The maximum Gasteiger partial charge on any atom is 0.326 e. The van der Waals surface area contributed by atoms with Crippen molar-refractivity contribution in [2.75, 3.05) is 4.90 Å². The maximum atomic E-state index is 12.0. The monoisotopic (exact) mass is 311 g/mol. The van der Waals surface area contributed by atoms with Crippen LogP contribution < -0.4 is 4.90 Å². The van der Waals surface area contributed by atoms with Gasteiger partial charge in [-0.1, -0.05) is 22.9 Å². The van der Waals surface area contributed by atoms with Crippen molar-refractivity contribution in [3.05, 3.63) is 28.2 Å². The standard InChI is InChI=1S/C13H14BrNO3/c1-2-10(13(17)18)15-11-5-4-9(14)7-8(11)3-6-12(15)16/h4-5,7,10H,2-3,6H2,1H3,(H,17,18). The number of anilines is 1. The smallest absolute Gasteiger partial charge is 0.326 e. The Balaban J connectivity index is 2.47. The first-order valence-corrected chi connectivity index (χ1v) is 6.67. The number of carboxylic acids is 1. The van der Waals surface area contributed by atoms with E-state index in [-0.39, 0.29) is 5.91 Å². The highest BCUT2D eigenvalue weighted by Crippen LogP contribution is 2.32. The Hall–Kier alpha value is -1.36. The lowest BCUT2D eigenvalue weighted by Gasteiger charge is -2.33. The average molecular weight is 312 g/mol. The summed E-state index contributed by atoms with van der Waals surface area (Å²) in [5.41, 5.74) is 1.74. The number of amides is 1. The first-order valence-electron chi connectivity index (χ1n) is 5.88. The van der Waals surface area contributed by atoms with E-state index in [9.17, 15) is 14.7 Å². The van der Waals surface area contributed by atoms with E-state index < -0.39 is 12.0 Å². The zero-order valence-corrected chi connectivity index (χ0v) is 11.6. The summed E-state index contributed by atoms with van der Waals surface area (Å²) in [5, 5.41) is 9.22. The van der Waals surface area contributed by atoms with Crippen molar-refractivity contribution in [2.24, 2.45) is 0 Å². The number of nitrogens with zero attached hydrogens (tertiary/aromatic N) is 1. The van der Waals surface area contributed by atoms with Crippen LogP contribution in [0.1, 0.15) is 25.3 Å². The quantitative estimate of drug-likeness (QED) is 0.933. The Morgan fingerprint density at radius 3 is 2.83 bits per heavy atom. The molecule has 2 rings (SSSR count). The molecule has 1 heterocycles. The van der Waals surface area contributed by atoms with Crippen LogP contribution in [0.2, 0.25) is 0 Å². The number of hydrogen-bond donors (Lipinski definition) is 1. The Labute approximate surface area is 114 Å². The lowest BCUT2D eigenvalue weighted by atomic mass is 9.98. The number of aliphatic carboxylic acids is 1. The van der Waals surface area contributed by atoms with Crippen LogP contribution >= 0.6 is 15.9 Å². The van der Waals surface area contributed by atoms with Crippen molar-refractivity contribution >= 4 is 33.5 Å². The molecule has 0 aliphatic carbocycles. The molecule has 0 saturated heterocycles. The van der Waals surface area contributed by atoms with Crippen LogP contribution in [0.3, 0.4) is 0 Å². The lowest BCUT2D eigenvalue weighted by Crippen LogP contribution is -2.47. The third-order valence-electron chi connectivity index (χ3n) is 3.16. The number of carboxylic acid groups (broad SMARTS) is 1. The van der Waals surface area contributed by atoms with E-state index in [1.165, 1.54) is 4.90 Å². The molecular weight excluding hydrogens is 298 g/mol. The predicted octanol–water partition coefficient (Wildman–Crippen LogP) is 2.59. The van der Waals surface area contributed by atoms with Gasteiger partial charge in [-0.05, 0) is 36.6 Å². The molecule has 1 aromatic carbocycles. The second-order valence-corrected chi connectivity index (χ2v) is 5.21. The molecule has 1 amide bonds. The molecule has 96 valence electrons. The van der Waals surface area contributed by atoms with Crippen molar-refractivity contribution in [1.29, 1.82) is 0 Å². The molecule has 0 aromatic heterocycles. The van der Waals surface area contributed by atoms with Crippen LogP contribution in [0.5, 0.6) is 0 Å². The van der Waals surface area contributed by atoms with Crippen molar-refractivity contribution < 1.29 is 14.7 Å². The van der Waals surface area contributed by atoms with E-state index in [1.807, 2.05) is 18.2 Å². The Bertz CT molecular complexity index is 501. The van der Waals surface area contributed by atoms with Crippen molar-refractivity contribution in [3.63, 3.8) is 0 Å². The number of benzene rings is 1. The summed E-state index contributed by atoms with van der Waals surface area (Å²) in [6, 6.07) is 4.81. The van der Waals surface area contributed by atoms with Crippen LogP contribution in [-0.2, 0) is 16.0 Å². The zero-order chi connectivity index (χ0) is 13.3. The fourth-order valence-corrected chi connectivity index (χ4v) is 2.70. The number of rotatable bonds is 3. The minimum absolute atomic E-state index is 0.112. The minimum atomic E-state index is -0.957. The number of aryl methyl sites for hydroxylation is 1.